The number of rotatable bonds is 14. The van der Waals surface area contributed by atoms with Crippen molar-refractivity contribution >= 4 is 0 Å². The summed E-state index contributed by atoms with van der Waals surface area (Å²) in [6.45, 7) is 5.40. The zero-order chi connectivity index (χ0) is 18.5. The molecule has 1 heterocycles. The van der Waals surface area contributed by atoms with Crippen molar-refractivity contribution in [3.05, 3.63) is 0 Å². The normalized spacial score (nSPS) is 28.2. The van der Waals surface area contributed by atoms with Crippen molar-refractivity contribution in [3.63, 3.8) is 0 Å². The van der Waals surface area contributed by atoms with Crippen LogP contribution in [0.2, 0.25) is 0 Å². The molecule has 1 aliphatic heterocycles. The molecule has 1 fully saturated rings. The predicted octanol–water partition coefficient (Wildman–Crippen LogP) is 2.76. The van der Waals surface area contributed by atoms with Gasteiger partial charge in [0.25, 0.3) is 0 Å². The molecule has 150 valence electrons. The van der Waals surface area contributed by atoms with Crippen molar-refractivity contribution in [3.8, 4) is 0 Å². The van der Waals surface area contributed by atoms with Gasteiger partial charge in [-0.25, -0.2) is 0 Å². The number of ether oxygens (including phenoxy) is 1. The smallest absolute Gasteiger partial charge is 0.111 e. The minimum atomic E-state index is -1.10. The fraction of sp³-hybridized carbons (Fsp3) is 1.00. The van der Waals surface area contributed by atoms with Crippen molar-refractivity contribution < 1.29 is 20.1 Å². The number of hydrogen-bond acceptors (Lipinski definition) is 5. The van der Waals surface area contributed by atoms with E-state index in [0.717, 1.165) is 6.54 Å². The van der Waals surface area contributed by atoms with Crippen molar-refractivity contribution in [2.45, 2.75) is 115 Å². The molecule has 25 heavy (non-hydrogen) atoms. The van der Waals surface area contributed by atoms with Gasteiger partial charge in [0.05, 0.1) is 12.7 Å². The van der Waals surface area contributed by atoms with Crippen molar-refractivity contribution in [1.29, 1.82) is 0 Å². The van der Waals surface area contributed by atoms with Gasteiger partial charge in [-0.1, -0.05) is 64.7 Å². The van der Waals surface area contributed by atoms with Crippen LogP contribution in [-0.4, -0.2) is 58.9 Å². The van der Waals surface area contributed by atoms with E-state index in [9.17, 15) is 15.3 Å². The molecule has 0 amide bonds. The summed E-state index contributed by atoms with van der Waals surface area (Å²) < 4.78 is 5.45. The van der Waals surface area contributed by atoms with E-state index in [-0.39, 0.29) is 12.6 Å². The van der Waals surface area contributed by atoms with Gasteiger partial charge in [-0.3, -0.25) is 0 Å². The van der Waals surface area contributed by atoms with Gasteiger partial charge in [-0.15, -0.1) is 0 Å². The highest BCUT2D eigenvalue weighted by molar-refractivity contribution is 4.88. The van der Waals surface area contributed by atoms with Gasteiger partial charge in [0.15, 0.2) is 0 Å². The highest BCUT2D eigenvalue weighted by Gasteiger charge is 2.37. The average Bonchev–Trinajstić information content (AvgIpc) is 2.60. The SMILES string of the molecule is CCCCCCCCCCCCNC(C)CC1OC[C@@H](O)[C@H](O)[C@H]1O. The Bertz CT molecular complexity index is 316. The molecule has 0 aliphatic carbocycles. The van der Waals surface area contributed by atoms with Crippen LogP contribution in [0.1, 0.15) is 84.5 Å². The van der Waals surface area contributed by atoms with E-state index in [2.05, 4.69) is 19.2 Å². The Morgan fingerprint density at radius 1 is 0.880 bits per heavy atom. The van der Waals surface area contributed by atoms with E-state index in [4.69, 9.17) is 4.74 Å². The van der Waals surface area contributed by atoms with Crippen LogP contribution >= 0.6 is 0 Å². The number of hydrogen-bond donors (Lipinski definition) is 4. The molecule has 1 saturated heterocycles. The van der Waals surface area contributed by atoms with Gasteiger partial charge in [0.2, 0.25) is 0 Å². The monoisotopic (exact) mass is 359 g/mol. The van der Waals surface area contributed by atoms with Crippen LogP contribution in [-0.2, 0) is 4.74 Å². The van der Waals surface area contributed by atoms with Crippen molar-refractivity contribution in [2.24, 2.45) is 0 Å². The molecule has 0 radical (unpaired) electrons. The maximum absolute atomic E-state index is 9.95. The Morgan fingerprint density at radius 2 is 1.44 bits per heavy atom. The Kier molecular flexibility index (Phi) is 12.7. The minimum Gasteiger partial charge on any atom is -0.388 e. The number of aliphatic hydroxyl groups is 3. The summed E-state index contributed by atoms with van der Waals surface area (Å²) in [6, 6.07) is 0.223. The van der Waals surface area contributed by atoms with Gasteiger partial charge < -0.3 is 25.4 Å². The van der Waals surface area contributed by atoms with E-state index in [1.807, 2.05) is 0 Å². The standard InChI is InChI=1S/C20H41NO4/c1-3-4-5-6-7-8-9-10-11-12-13-21-16(2)14-18-20(24)19(23)17(22)15-25-18/h16-24H,3-15H2,1-2H3/t16?,17-,18?,19+,20+/m1/s1. The van der Waals surface area contributed by atoms with E-state index >= 15 is 0 Å². The first kappa shape index (κ1) is 22.8. The molecule has 5 atom stereocenters. The number of aliphatic hydroxyl groups excluding tert-OH is 3. The molecular formula is C20H41NO4. The van der Waals surface area contributed by atoms with Gasteiger partial charge in [-0.2, -0.15) is 0 Å². The Morgan fingerprint density at radius 3 is 2.04 bits per heavy atom. The van der Waals surface area contributed by atoms with Gasteiger partial charge in [0, 0.05) is 6.04 Å². The third kappa shape index (κ3) is 9.90. The molecule has 4 N–H and O–H groups in total. The summed E-state index contributed by atoms with van der Waals surface area (Å²) in [7, 11) is 0. The van der Waals surface area contributed by atoms with Gasteiger partial charge in [0.1, 0.15) is 18.3 Å². The fourth-order valence-electron chi connectivity index (χ4n) is 3.47. The maximum atomic E-state index is 9.95. The number of nitrogens with one attached hydrogen (secondary N) is 1. The summed E-state index contributed by atoms with van der Waals surface area (Å²) in [5.74, 6) is 0. The predicted molar refractivity (Wildman–Crippen MR) is 102 cm³/mol. The lowest BCUT2D eigenvalue weighted by Gasteiger charge is -2.36. The topological polar surface area (TPSA) is 82.0 Å². The average molecular weight is 360 g/mol. The van der Waals surface area contributed by atoms with Crippen LogP contribution < -0.4 is 5.32 Å². The second-order valence-corrected chi connectivity index (χ2v) is 7.69. The second-order valence-electron chi connectivity index (χ2n) is 7.69. The van der Waals surface area contributed by atoms with E-state index in [0.29, 0.717) is 6.42 Å². The fourth-order valence-corrected chi connectivity index (χ4v) is 3.47. The van der Waals surface area contributed by atoms with Gasteiger partial charge >= 0.3 is 0 Å². The van der Waals surface area contributed by atoms with E-state index in [1.54, 1.807) is 0 Å². The largest absolute Gasteiger partial charge is 0.388 e. The Balaban J connectivity index is 1.94. The Labute approximate surface area is 154 Å². The highest BCUT2D eigenvalue weighted by Crippen LogP contribution is 2.19. The first-order chi connectivity index (χ1) is 12.1. The molecule has 0 aromatic rings. The quantitative estimate of drug-likeness (QED) is 0.359. The molecule has 0 saturated carbocycles. The van der Waals surface area contributed by atoms with Crippen molar-refractivity contribution in [1.82, 2.24) is 5.32 Å². The molecule has 1 aliphatic rings. The van der Waals surface area contributed by atoms with Crippen LogP contribution in [0.25, 0.3) is 0 Å². The third-order valence-corrected chi connectivity index (χ3v) is 5.22. The van der Waals surface area contributed by atoms with Crippen LogP contribution in [0, 0.1) is 0 Å². The van der Waals surface area contributed by atoms with Crippen LogP contribution in [0.3, 0.4) is 0 Å². The molecular weight excluding hydrogens is 318 g/mol. The second kappa shape index (κ2) is 13.9. The minimum absolute atomic E-state index is 0.0913. The third-order valence-electron chi connectivity index (χ3n) is 5.22. The number of unbranched alkanes of at least 4 members (excludes halogenated alkanes) is 9. The lowest BCUT2D eigenvalue weighted by Crippen LogP contribution is -2.54. The zero-order valence-electron chi connectivity index (χ0n) is 16.3. The van der Waals surface area contributed by atoms with E-state index in [1.165, 1.54) is 64.2 Å². The molecule has 5 heteroatoms. The van der Waals surface area contributed by atoms with E-state index < -0.39 is 24.4 Å². The first-order valence-electron chi connectivity index (χ1n) is 10.5. The van der Waals surface area contributed by atoms with Crippen LogP contribution in [0.4, 0.5) is 0 Å². The summed E-state index contributed by atoms with van der Waals surface area (Å²) in [6.07, 6.45) is 10.5. The van der Waals surface area contributed by atoms with Gasteiger partial charge in [-0.05, 0) is 26.3 Å². The molecule has 2 unspecified atom stereocenters. The molecule has 5 nitrogen and oxygen atoms in total. The Hall–Kier alpha value is -0.200. The van der Waals surface area contributed by atoms with Crippen LogP contribution in [0.15, 0.2) is 0 Å². The molecule has 0 spiro atoms. The highest BCUT2D eigenvalue weighted by atomic mass is 16.5. The summed E-state index contributed by atoms with van der Waals surface area (Å²) in [5.41, 5.74) is 0. The first-order valence-corrected chi connectivity index (χ1v) is 10.5. The summed E-state index contributed by atoms with van der Waals surface area (Å²) >= 11 is 0. The summed E-state index contributed by atoms with van der Waals surface area (Å²) in [4.78, 5) is 0. The molecule has 0 aromatic heterocycles. The molecule has 0 aromatic carbocycles. The zero-order valence-corrected chi connectivity index (χ0v) is 16.3. The maximum Gasteiger partial charge on any atom is 0.111 e. The lowest BCUT2D eigenvalue weighted by atomic mass is 9.95. The molecule has 0 bridgehead atoms. The lowest BCUT2D eigenvalue weighted by molar-refractivity contribution is -0.189. The van der Waals surface area contributed by atoms with Crippen LogP contribution in [0.5, 0.6) is 0 Å². The molecule has 1 rings (SSSR count). The summed E-state index contributed by atoms with van der Waals surface area (Å²) in [5, 5.41) is 32.6. The van der Waals surface area contributed by atoms with Crippen molar-refractivity contribution in [2.75, 3.05) is 13.2 Å².